The minimum Gasteiger partial charge on any atom is -0.423 e. The van der Waals surface area contributed by atoms with Gasteiger partial charge in [0.05, 0.1) is 24.0 Å². The Morgan fingerprint density at radius 3 is 2.22 bits per heavy atom. The molecular weight excluding hydrogens is 614 g/mol. The van der Waals surface area contributed by atoms with Crippen LogP contribution in [0, 0.1) is 0 Å². The lowest BCUT2D eigenvalue weighted by Crippen LogP contribution is -2.36. The predicted molar refractivity (Wildman–Crippen MR) is 194 cm³/mol. The highest BCUT2D eigenvalue weighted by Crippen LogP contribution is 2.25. The number of pyridine rings is 2. The second-order valence-electron chi connectivity index (χ2n) is 12.2. The third-order valence-electron chi connectivity index (χ3n) is 8.58. The van der Waals surface area contributed by atoms with Crippen molar-refractivity contribution >= 4 is 53.8 Å². The lowest BCUT2D eigenvalue weighted by Gasteiger charge is -2.16. The van der Waals surface area contributed by atoms with Crippen molar-refractivity contribution in [3.05, 3.63) is 149 Å². The Bertz CT molecular complexity index is 2040. The van der Waals surface area contributed by atoms with E-state index in [4.69, 9.17) is 9.47 Å². The molecule has 0 saturated carbocycles. The van der Waals surface area contributed by atoms with Crippen molar-refractivity contribution in [3.63, 3.8) is 0 Å². The van der Waals surface area contributed by atoms with Gasteiger partial charge in [0.25, 0.3) is 0 Å². The maximum atomic E-state index is 10.1. The molecule has 6 rings (SSSR count). The van der Waals surface area contributed by atoms with Crippen LogP contribution in [0.15, 0.2) is 133 Å². The van der Waals surface area contributed by atoms with Crippen molar-refractivity contribution in [2.45, 2.75) is 26.0 Å². The SMILES string of the molecule is C=Cc1ccc(COCCCOCC2=CC(B(O)O)=CC(=C[n+]3cccc4c5ccc[n+](Cc6cccc(B(O)O)c6)c5ccc43)C2)cc1. The van der Waals surface area contributed by atoms with Crippen LogP contribution in [0.2, 0.25) is 0 Å². The molecule has 2 aromatic heterocycles. The molecule has 0 atom stereocenters. The standard InChI is InChI=1S/C39H40B2N2O6/c1-2-29-11-13-30(14-12-29)27-48-19-6-20-49-28-33-21-32(23-35(24-33)41(46)47)26-43-18-5-10-37-36-9-4-17-42(38(36)15-16-39(37)43)25-31-7-3-8-34(22-31)40(44)45/h2-5,7-18,22-24,26,44-47H,1,6,19-21,25,27-28H2/q+2. The summed E-state index contributed by atoms with van der Waals surface area (Å²) in [6.07, 6.45) is 12.9. The molecule has 0 radical (unpaired) electrons. The number of hydrogen-bond donors (Lipinski definition) is 4. The van der Waals surface area contributed by atoms with Crippen LogP contribution >= 0.6 is 0 Å². The molecule has 8 nitrogen and oxygen atoms in total. The smallest absolute Gasteiger partial charge is 0.423 e. The van der Waals surface area contributed by atoms with Gasteiger partial charge in [-0.05, 0) is 46.2 Å². The summed E-state index contributed by atoms with van der Waals surface area (Å²) in [5, 5.41) is 41.5. The Morgan fingerprint density at radius 1 is 0.735 bits per heavy atom. The minimum absolute atomic E-state index is 0.384. The molecule has 3 aromatic carbocycles. The zero-order valence-electron chi connectivity index (χ0n) is 27.4. The molecule has 0 fully saturated rings. The molecule has 0 amide bonds. The highest BCUT2D eigenvalue weighted by atomic mass is 16.5. The Balaban J connectivity index is 1.13. The van der Waals surface area contributed by atoms with Gasteiger partial charge in [0.15, 0.2) is 25.1 Å². The fraction of sp³-hybridized carbons (Fsp3) is 0.179. The molecule has 0 spiro atoms. The van der Waals surface area contributed by atoms with Crippen molar-refractivity contribution in [1.82, 2.24) is 0 Å². The van der Waals surface area contributed by atoms with E-state index < -0.39 is 14.2 Å². The molecule has 49 heavy (non-hydrogen) atoms. The first-order chi connectivity index (χ1) is 23.9. The summed E-state index contributed by atoms with van der Waals surface area (Å²) < 4.78 is 16.0. The monoisotopic (exact) mass is 654 g/mol. The van der Waals surface area contributed by atoms with Gasteiger partial charge in [0.1, 0.15) is 0 Å². The quantitative estimate of drug-likeness (QED) is 0.0631. The number of ether oxygens (including phenoxy) is 2. The van der Waals surface area contributed by atoms with Gasteiger partial charge in [0, 0.05) is 55.0 Å². The third kappa shape index (κ3) is 8.68. The summed E-state index contributed by atoms with van der Waals surface area (Å²) in [5.41, 5.74) is 8.00. The lowest BCUT2D eigenvalue weighted by molar-refractivity contribution is -0.662. The molecule has 0 saturated heterocycles. The normalized spacial score (nSPS) is 13.8. The summed E-state index contributed by atoms with van der Waals surface area (Å²) in [7, 11) is -3.10. The van der Waals surface area contributed by atoms with Crippen molar-refractivity contribution in [2.24, 2.45) is 0 Å². The van der Waals surface area contributed by atoms with E-state index in [1.165, 1.54) is 0 Å². The van der Waals surface area contributed by atoms with Gasteiger partial charge < -0.3 is 29.6 Å². The lowest BCUT2D eigenvalue weighted by atomic mass is 9.74. The van der Waals surface area contributed by atoms with Crippen LogP contribution < -0.4 is 14.6 Å². The average molecular weight is 654 g/mol. The minimum atomic E-state index is -1.59. The first kappa shape index (κ1) is 34.2. The van der Waals surface area contributed by atoms with E-state index in [1.54, 1.807) is 12.1 Å². The van der Waals surface area contributed by atoms with Gasteiger partial charge in [-0.1, -0.05) is 73.3 Å². The van der Waals surface area contributed by atoms with Crippen molar-refractivity contribution in [1.29, 1.82) is 0 Å². The Labute approximate surface area is 287 Å². The largest absolute Gasteiger partial charge is 0.488 e. The number of fused-ring (bicyclic) bond motifs is 3. The molecule has 246 valence electrons. The van der Waals surface area contributed by atoms with Gasteiger partial charge in [-0.2, -0.15) is 9.13 Å². The third-order valence-corrected chi connectivity index (χ3v) is 8.58. The van der Waals surface area contributed by atoms with E-state index >= 15 is 0 Å². The van der Waals surface area contributed by atoms with E-state index in [-0.39, 0.29) is 0 Å². The van der Waals surface area contributed by atoms with Crippen LogP contribution in [0.3, 0.4) is 0 Å². The van der Waals surface area contributed by atoms with Gasteiger partial charge in [0.2, 0.25) is 11.0 Å². The highest BCUT2D eigenvalue weighted by Gasteiger charge is 2.22. The molecule has 0 bridgehead atoms. The van der Waals surface area contributed by atoms with Gasteiger partial charge in [-0.25, -0.2) is 0 Å². The summed E-state index contributed by atoms with van der Waals surface area (Å²) in [6.45, 7) is 6.41. The van der Waals surface area contributed by atoms with E-state index in [1.807, 2.05) is 85.4 Å². The molecule has 2 heterocycles. The molecular formula is C39H40B2N2O6+2. The van der Waals surface area contributed by atoms with Crippen LogP contribution in [0.1, 0.15) is 29.5 Å². The molecule has 0 aliphatic heterocycles. The van der Waals surface area contributed by atoms with Crippen LogP contribution in [0.4, 0.5) is 0 Å². The number of allylic oxidation sites excluding steroid dienone is 4. The predicted octanol–water partition coefficient (Wildman–Crippen LogP) is 3.67. The summed E-state index contributed by atoms with van der Waals surface area (Å²) in [4.78, 5) is 0. The molecule has 5 aromatic rings. The molecule has 4 N–H and O–H groups in total. The highest BCUT2D eigenvalue weighted by molar-refractivity contribution is 6.58. The first-order valence-electron chi connectivity index (χ1n) is 16.4. The maximum absolute atomic E-state index is 10.1. The fourth-order valence-corrected chi connectivity index (χ4v) is 6.14. The van der Waals surface area contributed by atoms with Crippen LogP contribution in [-0.2, 0) is 22.6 Å². The number of rotatable bonds is 14. The van der Waals surface area contributed by atoms with Gasteiger partial charge in [-0.3, -0.25) is 0 Å². The Kier molecular flexibility index (Phi) is 11.3. The molecule has 10 heteroatoms. The first-order valence-corrected chi connectivity index (χ1v) is 16.4. The molecule has 1 aliphatic rings. The van der Waals surface area contributed by atoms with Crippen LogP contribution in [0.5, 0.6) is 0 Å². The topological polar surface area (TPSA) is 107 Å². The fourth-order valence-electron chi connectivity index (χ4n) is 6.14. The number of benzene rings is 3. The maximum Gasteiger partial charge on any atom is 0.488 e. The van der Waals surface area contributed by atoms with Crippen molar-refractivity contribution < 1.29 is 38.7 Å². The summed E-state index contributed by atoms with van der Waals surface area (Å²) in [5.74, 6) is 0. The van der Waals surface area contributed by atoms with Crippen molar-refractivity contribution in [3.8, 4) is 0 Å². The van der Waals surface area contributed by atoms with Crippen LogP contribution in [-0.4, -0.2) is 54.2 Å². The Morgan fingerprint density at radius 2 is 1.47 bits per heavy atom. The summed E-state index contributed by atoms with van der Waals surface area (Å²) in [6, 6.07) is 27.8. The van der Waals surface area contributed by atoms with Gasteiger partial charge >= 0.3 is 14.2 Å². The zero-order valence-corrected chi connectivity index (χ0v) is 27.4. The summed E-state index contributed by atoms with van der Waals surface area (Å²) >= 11 is 0. The van der Waals surface area contributed by atoms with Crippen molar-refractivity contribution in [2.75, 3.05) is 19.8 Å². The second kappa shape index (κ2) is 16.2. The zero-order chi connectivity index (χ0) is 34.2. The number of aromatic nitrogens is 2. The number of nitrogens with zero attached hydrogens (tertiary/aromatic N) is 2. The second-order valence-corrected chi connectivity index (χ2v) is 12.2. The van der Waals surface area contributed by atoms with Gasteiger partial charge in [-0.15, -0.1) is 0 Å². The number of hydrogen-bond acceptors (Lipinski definition) is 6. The molecule has 1 aliphatic carbocycles. The van der Waals surface area contributed by atoms with E-state index in [0.29, 0.717) is 50.3 Å². The molecule has 0 unspecified atom stereocenters. The van der Waals surface area contributed by atoms with Crippen LogP contribution in [0.25, 0.3) is 34.1 Å². The van der Waals surface area contributed by atoms with E-state index in [0.717, 1.165) is 56.1 Å². The van der Waals surface area contributed by atoms with E-state index in [2.05, 4.69) is 40.0 Å². The average Bonchev–Trinajstić information content (AvgIpc) is 3.11. The van der Waals surface area contributed by atoms with E-state index in [9.17, 15) is 20.1 Å². The Hall–Kier alpha value is -4.67.